The molecule has 0 heterocycles. The van der Waals surface area contributed by atoms with Crippen LogP contribution in [0.3, 0.4) is 0 Å². The van der Waals surface area contributed by atoms with Crippen molar-refractivity contribution in [2.75, 3.05) is 18.5 Å². The molecule has 2 rings (SSSR count). The SMILES string of the molecule is Cc1cc(C)cc(N(C)C(CN)C2CCC2)c1. The van der Waals surface area contributed by atoms with Crippen molar-refractivity contribution in [1.29, 1.82) is 0 Å². The lowest BCUT2D eigenvalue weighted by Crippen LogP contribution is -2.46. The number of anilines is 1. The fourth-order valence-electron chi connectivity index (χ4n) is 2.84. The van der Waals surface area contributed by atoms with Gasteiger partial charge in [-0.1, -0.05) is 12.5 Å². The topological polar surface area (TPSA) is 29.3 Å². The number of nitrogens with zero attached hydrogens (tertiary/aromatic N) is 1. The van der Waals surface area contributed by atoms with Gasteiger partial charge in [0.25, 0.3) is 0 Å². The van der Waals surface area contributed by atoms with Gasteiger partial charge < -0.3 is 10.6 Å². The fourth-order valence-corrected chi connectivity index (χ4v) is 2.84. The monoisotopic (exact) mass is 232 g/mol. The summed E-state index contributed by atoms with van der Waals surface area (Å²) >= 11 is 0. The summed E-state index contributed by atoms with van der Waals surface area (Å²) in [6.45, 7) is 5.07. The van der Waals surface area contributed by atoms with Crippen LogP contribution in [-0.4, -0.2) is 19.6 Å². The molecule has 0 radical (unpaired) electrons. The van der Waals surface area contributed by atoms with Crippen LogP contribution in [0.4, 0.5) is 5.69 Å². The largest absolute Gasteiger partial charge is 0.370 e. The standard InChI is InChI=1S/C15H24N2/c1-11-7-12(2)9-14(8-11)17(3)15(10-16)13-5-4-6-13/h7-9,13,15H,4-6,10,16H2,1-3H3. The molecule has 2 heteroatoms. The molecule has 0 bridgehead atoms. The third-order valence-corrected chi connectivity index (χ3v) is 4.05. The maximum atomic E-state index is 5.96. The van der Waals surface area contributed by atoms with Gasteiger partial charge in [-0.25, -0.2) is 0 Å². The predicted molar refractivity (Wildman–Crippen MR) is 74.5 cm³/mol. The Balaban J connectivity index is 2.18. The van der Waals surface area contributed by atoms with Crippen LogP contribution in [-0.2, 0) is 0 Å². The van der Waals surface area contributed by atoms with E-state index in [1.807, 2.05) is 0 Å². The average molecular weight is 232 g/mol. The minimum Gasteiger partial charge on any atom is -0.370 e. The van der Waals surface area contributed by atoms with Crippen LogP contribution >= 0.6 is 0 Å². The summed E-state index contributed by atoms with van der Waals surface area (Å²) in [4.78, 5) is 2.38. The van der Waals surface area contributed by atoms with Crippen molar-refractivity contribution in [2.45, 2.75) is 39.2 Å². The van der Waals surface area contributed by atoms with E-state index in [4.69, 9.17) is 5.73 Å². The highest BCUT2D eigenvalue weighted by Gasteiger charge is 2.29. The van der Waals surface area contributed by atoms with Crippen molar-refractivity contribution in [1.82, 2.24) is 0 Å². The van der Waals surface area contributed by atoms with E-state index < -0.39 is 0 Å². The zero-order chi connectivity index (χ0) is 12.4. The molecule has 1 fully saturated rings. The Morgan fingerprint density at radius 2 is 1.82 bits per heavy atom. The quantitative estimate of drug-likeness (QED) is 0.865. The molecule has 0 aliphatic heterocycles. The number of nitrogens with two attached hydrogens (primary N) is 1. The second-order valence-electron chi connectivity index (χ2n) is 5.45. The molecule has 17 heavy (non-hydrogen) atoms. The van der Waals surface area contributed by atoms with Crippen LogP contribution in [0.5, 0.6) is 0 Å². The second kappa shape index (κ2) is 5.09. The number of hydrogen-bond donors (Lipinski definition) is 1. The average Bonchev–Trinajstić information content (AvgIpc) is 2.20. The molecule has 1 saturated carbocycles. The highest BCUT2D eigenvalue weighted by Crippen LogP contribution is 2.33. The molecule has 0 aromatic heterocycles. The van der Waals surface area contributed by atoms with Crippen LogP contribution in [0.15, 0.2) is 18.2 Å². The van der Waals surface area contributed by atoms with Gasteiger partial charge in [-0.2, -0.15) is 0 Å². The summed E-state index contributed by atoms with van der Waals surface area (Å²) in [5, 5.41) is 0. The molecule has 0 spiro atoms. The Morgan fingerprint density at radius 1 is 1.24 bits per heavy atom. The number of hydrogen-bond acceptors (Lipinski definition) is 2. The summed E-state index contributed by atoms with van der Waals surface area (Å²) in [7, 11) is 2.18. The molecule has 1 aliphatic carbocycles. The summed E-state index contributed by atoms with van der Waals surface area (Å²) in [6.07, 6.45) is 4.07. The third kappa shape index (κ3) is 2.63. The van der Waals surface area contributed by atoms with E-state index in [0.717, 1.165) is 12.5 Å². The summed E-state index contributed by atoms with van der Waals surface area (Å²) < 4.78 is 0. The van der Waals surface area contributed by atoms with Gasteiger partial charge in [0.05, 0.1) is 0 Å². The summed E-state index contributed by atoms with van der Waals surface area (Å²) in [6, 6.07) is 7.24. The smallest absolute Gasteiger partial charge is 0.0437 e. The number of aryl methyl sites for hydroxylation is 2. The molecule has 1 aromatic rings. The molecule has 1 atom stereocenters. The number of rotatable bonds is 4. The fraction of sp³-hybridized carbons (Fsp3) is 0.600. The van der Waals surface area contributed by atoms with Gasteiger partial charge in [0, 0.05) is 25.3 Å². The van der Waals surface area contributed by atoms with Gasteiger partial charge in [0.1, 0.15) is 0 Å². The van der Waals surface area contributed by atoms with E-state index in [9.17, 15) is 0 Å². The van der Waals surface area contributed by atoms with Crippen LogP contribution < -0.4 is 10.6 Å². The van der Waals surface area contributed by atoms with E-state index in [1.54, 1.807) is 0 Å². The minimum absolute atomic E-state index is 0.505. The number of likely N-dealkylation sites (N-methyl/N-ethyl adjacent to an activating group) is 1. The second-order valence-corrected chi connectivity index (χ2v) is 5.45. The summed E-state index contributed by atoms with van der Waals surface area (Å²) in [5.41, 5.74) is 9.93. The van der Waals surface area contributed by atoms with Gasteiger partial charge in [0.2, 0.25) is 0 Å². The Hall–Kier alpha value is -1.02. The van der Waals surface area contributed by atoms with Crippen molar-refractivity contribution >= 4 is 5.69 Å². The first kappa shape index (κ1) is 12.4. The van der Waals surface area contributed by atoms with Gasteiger partial charge in [0.15, 0.2) is 0 Å². The lowest BCUT2D eigenvalue weighted by atomic mass is 9.79. The van der Waals surface area contributed by atoms with Crippen molar-refractivity contribution in [3.8, 4) is 0 Å². The Labute approximate surface area is 105 Å². The van der Waals surface area contributed by atoms with Crippen LogP contribution in [0.25, 0.3) is 0 Å². The predicted octanol–water partition coefficient (Wildman–Crippen LogP) is 2.87. The van der Waals surface area contributed by atoms with E-state index in [-0.39, 0.29) is 0 Å². The maximum absolute atomic E-state index is 5.96. The zero-order valence-corrected chi connectivity index (χ0v) is 11.2. The first-order valence-corrected chi connectivity index (χ1v) is 6.63. The van der Waals surface area contributed by atoms with Crippen molar-refractivity contribution in [3.05, 3.63) is 29.3 Å². The molecule has 0 amide bonds. The van der Waals surface area contributed by atoms with Gasteiger partial charge in [-0.05, 0) is 55.9 Å². The normalized spacial score (nSPS) is 17.6. The van der Waals surface area contributed by atoms with Crippen molar-refractivity contribution in [2.24, 2.45) is 11.7 Å². The Bertz CT molecular complexity index is 362. The third-order valence-electron chi connectivity index (χ3n) is 4.05. The molecule has 2 N–H and O–H groups in total. The first-order chi connectivity index (χ1) is 8.11. The zero-order valence-electron chi connectivity index (χ0n) is 11.2. The van der Waals surface area contributed by atoms with Gasteiger partial charge >= 0.3 is 0 Å². The van der Waals surface area contributed by atoms with E-state index >= 15 is 0 Å². The highest BCUT2D eigenvalue weighted by molar-refractivity contribution is 5.51. The Morgan fingerprint density at radius 3 is 2.24 bits per heavy atom. The summed E-state index contributed by atoms with van der Waals surface area (Å²) in [5.74, 6) is 0.797. The lowest BCUT2D eigenvalue weighted by molar-refractivity contribution is 0.260. The van der Waals surface area contributed by atoms with Gasteiger partial charge in [-0.3, -0.25) is 0 Å². The van der Waals surface area contributed by atoms with Crippen LogP contribution in [0.1, 0.15) is 30.4 Å². The molecule has 1 aromatic carbocycles. The van der Waals surface area contributed by atoms with Crippen LogP contribution in [0.2, 0.25) is 0 Å². The molecule has 1 aliphatic rings. The molecule has 2 nitrogen and oxygen atoms in total. The molecule has 0 saturated heterocycles. The highest BCUT2D eigenvalue weighted by atomic mass is 15.1. The minimum atomic E-state index is 0.505. The van der Waals surface area contributed by atoms with Gasteiger partial charge in [-0.15, -0.1) is 0 Å². The molecule has 94 valence electrons. The Kier molecular flexibility index (Phi) is 3.72. The van der Waals surface area contributed by atoms with Crippen molar-refractivity contribution in [3.63, 3.8) is 0 Å². The van der Waals surface area contributed by atoms with E-state index in [0.29, 0.717) is 6.04 Å². The van der Waals surface area contributed by atoms with E-state index in [2.05, 4.69) is 44.0 Å². The molecular formula is C15H24N2. The van der Waals surface area contributed by atoms with Crippen LogP contribution in [0, 0.1) is 19.8 Å². The first-order valence-electron chi connectivity index (χ1n) is 6.63. The molecular weight excluding hydrogens is 208 g/mol. The van der Waals surface area contributed by atoms with E-state index in [1.165, 1.54) is 36.1 Å². The lowest BCUT2D eigenvalue weighted by Gasteiger charge is -2.40. The molecule has 1 unspecified atom stereocenters. The maximum Gasteiger partial charge on any atom is 0.0437 e. The van der Waals surface area contributed by atoms with Crippen molar-refractivity contribution < 1.29 is 0 Å². The number of benzene rings is 1.